The van der Waals surface area contributed by atoms with Gasteiger partial charge in [0.2, 0.25) is 0 Å². The number of fused-ring (bicyclic) bond motifs is 1. The van der Waals surface area contributed by atoms with E-state index in [4.69, 9.17) is 0 Å². The van der Waals surface area contributed by atoms with Crippen molar-refractivity contribution in [3.05, 3.63) is 29.5 Å². The number of nitrogens with one attached hydrogen (secondary N) is 1. The molecule has 1 heterocycles. The van der Waals surface area contributed by atoms with Crippen LogP contribution in [0.2, 0.25) is 0 Å². The SMILES string of the molecule is CCNc1c(CC)c(C)nc2ccc(OC(F)F)cc12. The Morgan fingerprint density at radius 1 is 1.30 bits per heavy atom. The Labute approximate surface area is 117 Å². The number of hydrogen-bond donors (Lipinski definition) is 1. The molecule has 0 bridgehead atoms. The highest BCUT2D eigenvalue weighted by Crippen LogP contribution is 2.32. The van der Waals surface area contributed by atoms with Gasteiger partial charge in [-0.1, -0.05) is 6.92 Å². The normalized spacial score (nSPS) is 11.1. The predicted octanol–water partition coefficient (Wildman–Crippen LogP) is 4.14. The van der Waals surface area contributed by atoms with Crippen LogP contribution in [0.1, 0.15) is 25.1 Å². The summed E-state index contributed by atoms with van der Waals surface area (Å²) in [4.78, 5) is 4.53. The van der Waals surface area contributed by atoms with Gasteiger partial charge in [-0.3, -0.25) is 4.98 Å². The molecule has 0 unspecified atom stereocenters. The highest BCUT2D eigenvalue weighted by molar-refractivity contribution is 5.94. The number of nitrogens with zero attached hydrogens (tertiary/aromatic N) is 1. The Morgan fingerprint density at radius 3 is 2.65 bits per heavy atom. The zero-order valence-corrected chi connectivity index (χ0v) is 11.8. The molecular weight excluding hydrogens is 262 g/mol. The topological polar surface area (TPSA) is 34.2 Å². The van der Waals surface area contributed by atoms with Crippen LogP contribution in [0.4, 0.5) is 14.5 Å². The molecule has 0 radical (unpaired) electrons. The molecule has 3 nitrogen and oxygen atoms in total. The Balaban J connectivity index is 2.64. The third-order valence-electron chi connectivity index (χ3n) is 3.20. The fourth-order valence-corrected chi connectivity index (χ4v) is 2.39. The summed E-state index contributed by atoms with van der Waals surface area (Å²) in [6.45, 7) is 3.95. The smallest absolute Gasteiger partial charge is 0.387 e. The molecule has 0 saturated carbocycles. The number of rotatable bonds is 5. The Hall–Kier alpha value is -1.91. The number of alkyl halides is 2. The lowest BCUT2D eigenvalue weighted by Gasteiger charge is -2.16. The maximum absolute atomic E-state index is 12.3. The molecule has 1 N–H and O–H groups in total. The molecule has 0 aliphatic rings. The zero-order valence-electron chi connectivity index (χ0n) is 11.8. The summed E-state index contributed by atoms with van der Waals surface area (Å²) < 4.78 is 29.1. The van der Waals surface area contributed by atoms with Gasteiger partial charge in [0, 0.05) is 23.3 Å². The molecule has 0 saturated heterocycles. The molecule has 0 spiro atoms. The first-order valence-electron chi connectivity index (χ1n) is 6.68. The van der Waals surface area contributed by atoms with Gasteiger partial charge in [0.05, 0.1) is 5.52 Å². The first-order valence-corrected chi connectivity index (χ1v) is 6.68. The number of anilines is 1. The van der Waals surface area contributed by atoms with Crippen LogP contribution >= 0.6 is 0 Å². The van der Waals surface area contributed by atoms with Crippen LogP contribution in [-0.4, -0.2) is 18.1 Å². The summed E-state index contributed by atoms with van der Waals surface area (Å²) >= 11 is 0. The zero-order chi connectivity index (χ0) is 14.7. The van der Waals surface area contributed by atoms with E-state index in [1.54, 1.807) is 12.1 Å². The lowest BCUT2D eigenvalue weighted by molar-refractivity contribution is -0.0497. The van der Waals surface area contributed by atoms with Gasteiger partial charge in [-0.05, 0) is 44.0 Å². The molecule has 2 rings (SSSR count). The van der Waals surface area contributed by atoms with Crippen molar-refractivity contribution in [1.29, 1.82) is 0 Å². The van der Waals surface area contributed by atoms with Gasteiger partial charge in [0.1, 0.15) is 5.75 Å². The van der Waals surface area contributed by atoms with Crippen molar-refractivity contribution in [3.8, 4) is 5.75 Å². The summed E-state index contributed by atoms with van der Waals surface area (Å²) in [5.41, 5.74) is 3.79. The minimum absolute atomic E-state index is 0.152. The number of aryl methyl sites for hydroxylation is 1. The summed E-state index contributed by atoms with van der Waals surface area (Å²) in [5.74, 6) is 0.152. The molecule has 0 fully saturated rings. The summed E-state index contributed by atoms with van der Waals surface area (Å²) in [5, 5.41) is 4.12. The second-order valence-electron chi connectivity index (χ2n) is 4.49. The number of pyridine rings is 1. The van der Waals surface area contributed by atoms with E-state index < -0.39 is 6.61 Å². The van der Waals surface area contributed by atoms with Crippen molar-refractivity contribution in [1.82, 2.24) is 4.98 Å². The van der Waals surface area contributed by atoms with E-state index in [0.717, 1.165) is 40.8 Å². The molecule has 0 aliphatic heterocycles. The van der Waals surface area contributed by atoms with Crippen LogP contribution in [0.25, 0.3) is 10.9 Å². The molecule has 1 aromatic heterocycles. The third kappa shape index (κ3) is 2.81. The van der Waals surface area contributed by atoms with Crippen LogP contribution in [0, 0.1) is 6.92 Å². The van der Waals surface area contributed by atoms with E-state index in [9.17, 15) is 8.78 Å². The van der Waals surface area contributed by atoms with Gasteiger partial charge in [-0.2, -0.15) is 8.78 Å². The minimum Gasteiger partial charge on any atom is -0.435 e. The van der Waals surface area contributed by atoms with Crippen molar-refractivity contribution in [2.75, 3.05) is 11.9 Å². The maximum atomic E-state index is 12.3. The minimum atomic E-state index is -2.82. The average molecular weight is 280 g/mol. The van der Waals surface area contributed by atoms with E-state index >= 15 is 0 Å². The average Bonchev–Trinajstić information content (AvgIpc) is 2.39. The first kappa shape index (κ1) is 14.5. The number of benzene rings is 1. The molecule has 5 heteroatoms. The van der Waals surface area contributed by atoms with E-state index in [0.29, 0.717) is 0 Å². The van der Waals surface area contributed by atoms with Crippen molar-refractivity contribution < 1.29 is 13.5 Å². The van der Waals surface area contributed by atoms with Crippen molar-refractivity contribution in [2.24, 2.45) is 0 Å². The highest BCUT2D eigenvalue weighted by atomic mass is 19.3. The fourth-order valence-electron chi connectivity index (χ4n) is 2.39. The summed E-state index contributed by atoms with van der Waals surface area (Å²) in [6, 6.07) is 4.84. The largest absolute Gasteiger partial charge is 0.435 e. The van der Waals surface area contributed by atoms with E-state index in [-0.39, 0.29) is 5.75 Å². The monoisotopic (exact) mass is 280 g/mol. The molecule has 108 valence electrons. The van der Waals surface area contributed by atoms with Gasteiger partial charge < -0.3 is 10.1 Å². The van der Waals surface area contributed by atoms with Gasteiger partial charge in [0.15, 0.2) is 0 Å². The van der Waals surface area contributed by atoms with Crippen molar-refractivity contribution >= 4 is 16.6 Å². The van der Waals surface area contributed by atoms with E-state index in [1.165, 1.54) is 6.07 Å². The van der Waals surface area contributed by atoms with Crippen molar-refractivity contribution in [2.45, 2.75) is 33.8 Å². The number of aromatic nitrogens is 1. The quantitative estimate of drug-likeness (QED) is 0.893. The molecule has 0 amide bonds. The molecule has 1 aromatic carbocycles. The molecular formula is C15H18F2N2O. The van der Waals surface area contributed by atoms with Crippen LogP contribution in [0.15, 0.2) is 18.2 Å². The summed E-state index contributed by atoms with van der Waals surface area (Å²) in [6.07, 6.45) is 0.830. The van der Waals surface area contributed by atoms with Crippen LogP contribution in [0.5, 0.6) is 5.75 Å². The number of halogens is 2. The van der Waals surface area contributed by atoms with Gasteiger partial charge >= 0.3 is 6.61 Å². The lowest BCUT2D eigenvalue weighted by atomic mass is 10.0. The number of hydrogen-bond acceptors (Lipinski definition) is 3. The second-order valence-corrected chi connectivity index (χ2v) is 4.49. The van der Waals surface area contributed by atoms with Crippen LogP contribution in [0.3, 0.4) is 0 Å². The highest BCUT2D eigenvalue weighted by Gasteiger charge is 2.13. The first-order chi connectivity index (χ1) is 9.56. The molecule has 20 heavy (non-hydrogen) atoms. The maximum Gasteiger partial charge on any atom is 0.387 e. The standard InChI is InChI=1S/C15H18F2N2O/c1-4-11-9(3)19-13-7-6-10(20-15(16)17)8-12(13)14(11)18-5-2/h6-8,15H,4-5H2,1-3H3,(H,18,19). The molecule has 0 aliphatic carbocycles. The second kappa shape index (κ2) is 6.03. The fraction of sp³-hybridized carbons (Fsp3) is 0.400. The van der Waals surface area contributed by atoms with Crippen molar-refractivity contribution in [3.63, 3.8) is 0 Å². The van der Waals surface area contributed by atoms with E-state index in [2.05, 4.69) is 22.0 Å². The molecule has 0 atom stereocenters. The summed E-state index contributed by atoms with van der Waals surface area (Å²) in [7, 11) is 0. The van der Waals surface area contributed by atoms with Gasteiger partial charge in [-0.15, -0.1) is 0 Å². The van der Waals surface area contributed by atoms with Crippen LogP contribution < -0.4 is 10.1 Å². The Morgan fingerprint density at radius 2 is 2.05 bits per heavy atom. The lowest BCUT2D eigenvalue weighted by Crippen LogP contribution is -2.06. The molecule has 2 aromatic rings. The third-order valence-corrected chi connectivity index (χ3v) is 3.20. The number of ether oxygens (including phenoxy) is 1. The Kier molecular flexibility index (Phi) is 4.37. The van der Waals surface area contributed by atoms with E-state index in [1.807, 2.05) is 13.8 Å². The Bertz CT molecular complexity index is 614. The van der Waals surface area contributed by atoms with Crippen LogP contribution in [-0.2, 0) is 6.42 Å². The predicted molar refractivity (Wildman–Crippen MR) is 76.7 cm³/mol. The van der Waals surface area contributed by atoms with Gasteiger partial charge in [-0.25, -0.2) is 0 Å². The van der Waals surface area contributed by atoms with Gasteiger partial charge in [0.25, 0.3) is 0 Å².